The van der Waals surface area contributed by atoms with Gasteiger partial charge in [-0.25, -0.2) is 0 Å². The summed E-state index contributed by atoms with van der Waals surface area (Å²) in [4.78, 5) is 0. The van der Waals surface area contributed by atoms with E-state index in [1.54, 1.807) is 0 Å². The largest absolute Gasteiger partial charge is 0.319 e. The van der Waals surface area contributed by atoms with Gasteiger partial charge in [0.15, 0.2) is 0 Å². The maximum absolute atomic E-state index is 3.31. The summed E-state index contributed by atoms with van der Waals surface area (Å²) in [5.74, 6) is 0. The SMILES string of the molecule is CNCCc1ccc(C(C)(C)CCC(C)NC)cc1. The van der Waals surface area contributed by atoms with Crippen molar-refractivity contribution in [3.63, 3.8) is 0 Å². The topological polar surface area (TPSA) is 24.1 Å². The van der Waals surface area contributed by atoms with Crippen LogP contribution in [0, 0.1) is 0 Å². The Morgan fingerprint density at radius 1 is 1.11 bits per heavy atom. The average molecular weight is 262 g/mol. The molecule has 0 saturated heterocycles. The Morgan fingerprint density at radius 2 is 1.74 bits per heavy atom. The number of hydrogen-bond donors (Lipinski definition) is 2. The smallest absolute Gasteiger partial charge is 0.00360 e. The first-order valence-electron chi connectivity index (χ1n) is 7.41. The summed E-state index contributed by atoms with van der Waals surface area (Å²) in [6.45, 7) is 7.98. The summed E-state index contributed by atoms with van der Waals surface area (Å²) < 4.78 is 0. The molecular formula is C17H30N2. The summed E-state index contributed by atoms with van der Waals surface area (Å²) >= 11 is 0. The molecule has 0 amide bonds. The molecule has 0 spiro atoms. The maximum atomic E-state index is 3.31. The predicted molar refractivity (Wildman–Crippen MR) is 84.9 cm³/mol. The van der Waals surface area contributed by atoms with Gasteiger partial charge in [-0.15, -0.1) is 0 Å². The van der Waals surface area contributed by atoms with Crippen molar-refractivity contribution < 1.29 is 0 Å². The Bertz CT molecular complexity index is 354. The van der Waals surface area contributed by atoms with Crippen LogP contribution in [0.15, 0.2) is 24.3 Å². The molecule has 2 heteroatoms. The minimum Gasteiger partial charge on any atom is -0.319 e. The molecule has 0 saturated carbocycles. The number of nitrogens with one attached hydrogen (secondary N) is 2. The van der Waals surface area contributed by atoms with Crippen LogP contribution in [0.1, 0.15) is 44.7 Å². The van der Waals surface area contributed by atoms with Gasteiger partial charge >= 0.3 is 0 Å². The van der Waals surface area contributed by atoms with Gasteiger partial charge in [0.05, 0.1) is 0 Å². The zero-order chi connectivity index (χ0) is 14.3. The van der Waals surface area contributed by atoms with Gasteiger partial charge in [0.1, 0.15) is 0 Å². The standard InChI is InChI=1S/C17H30N2/c1-14(19-5)10-12-17(2,3)16-8-6-15(7-9-16)11-13-18-4/h6-9,14,18-19H,10-13H2,1-5H3. The third kappa shape index (κ3) is 5.33. The molecule has 2 N–H and O–H groups in total. The van der Waals surface area contributed by atoms with E-state index in [0.717, 1.165) is 13.0 Å². The highest BCUT2D eigenvalue weighted by Gasteiger charge is 2.20. The first kappa shape index (κ1) is 16.2. The monoisotopic (exact) mass is 262 g/mol. The number of likely N-dealkylation sites (N-methyl/N-ethyl adjacent to an activating group) is 1. The molecule has 108 valence electrons. The van der Waals surface area contributed by atoms with Crippen LogP contribution < -0.4 is 10.6 Å². The Balaban J connectivity index is 2.62. The summed E-state index contributed by atoms with van der Waals surface area (Å²) in [6.07, 6.45) is 3.53. The van der Waals surface area contributed by atoms with E-state index in [9.17, 15) is 0 Å². The number of hydrogen-bond acceptors (Lipinski definition) is 2. The molecule has 1 atom stereocenters. The van der Waals surface area contributed by atoms with Crippen LogP contribution in [0.2, 0.25) is 0 Å². The van der Waals surface area contributed by atoms with Crippen LogP contribution in [0.4, 0.5) is 0 Å². The van der Waals surface area contributed by atoms with E-state index in [1.165, 1.54) is 24.0 Å². The van der Waals surface area contributed by atoms with Crippen LogP contribution in [-0.2, 0) is 11.8 Å². The molecule has 0 bridgehead atoms. The lowest BCUT2D eigenvalue weighted by Gasteiger charge is -2.27. The fourth-order valence-electron chi connectivity index (χ4n) is 2.26. The highest BCUT2D eigenvalue weighted by molar-refractivity contribution is 5.28. The van der Waals surface area contributed by atoms with E-state index in [0.29, 0.717) is 6.04 Å². The van der Waals surface area contributed by atoms with E-state index in [2.05, 4.69) is 55.7 Å². The lowest BCUT2D eigenvalue weighted by Crippen LogP contribution is -2.25. The molecule has 1 rings (SSSR count). The van der Waals surface area contributed by atoms with E-state index >= 15 is 0 Å². The second-order valence-electron chi connectivity index (χ2n) is 6.16. The average Bonchev–Trinajstić information content (AvgIpc) is 2.43. The highest BCUT2D eigenvalue weighted by atomic mass is 14.8. The van der Waals surface area contributed by atoms with Gasteiger partial charge < -0.3 is 10.6 Å². The van der Waals surface area contributed by atoms with Crippen molar-refractivity contribution in [2.45, 2.75) is 51.5 Å². The molecule has 0 aliphatic heterocycles. The predicted octanol–water partition coefficient (Wildman–Crippen LogP) is 3.11. The van der Waals surface area contributed by atoms with E-state index in [-0.39, 0.29) is 5.41 Å². The fraction of sp³-hybridized carbons (Fsp3) is 0.647. The number of benzene rings is 1. The maximum Gasteiger partial charge on any atom is 0.00360 e. The minimum absolute atomic E-state index is 0.257. The highest BCUT2D eigenvalue weighted by Crippen LogP contribution is 2.29. The molecule has 1 unspecified atom stereocenters. The van der Waals surface area contributed by atoms with E-state index in [4.69, 9.17) is 0 Å². The molecule has 0 aliphatic carbocycles. The van der Waals surface area contributed by atoms with Crippen LogP contribution >= 0.6 is 0 Å². The van der Waals surface area contributed by atoms with Crippen molar-refractivity contribution in [2.24, 2.45) is 0 Å². The van der Waals surface area contributed by atoms with Gasteiger partial charge in [0.2, 0.25) is 0 Å². The summed E-state index contributed by atoms with van der Waals surface area (Å²) in [5, 5.41) is 6.51. The van der Waals surface area contributed by atoms with Gasteiger partial charge in [-0.1, -0.05) is 38.1 Å². The van der Waals surface area contributed by atoms with Gasteiger partial charge in [-0.2, -0.15) is 0 Å². The molecule has 0 fully saturated rings. The quantitative estimate of drug-likeness (QED) is 0.752. The van der Waals surface area contributed by atoms with Gasteiger partial charge in [0, 0.05) is 6.04 Å². The molecule has 0 aliphatic rings. The van der Waals surface area contributed by atoms with Crippen LogP contribution in [-0.4, -0.2) is 26.7 Å². The van der Waals surface area contributed by atoms with Crippen LogP contribution in [0.5, 0.6) is 0 Å². The molecule has 1 aromatic carbocycles. The van der Waals surface area contributed by atoms with Crippen molar-refractivity contribution in [1.82, 2.24) is 10.6 Å². The summed E-state index contributed by atoms with van der Waals surface area (Å²) in [5.41, 5.74) is 3.12. The normalized spacial score (nSPS) is 13.5. The van der Waals surface area contributed by atoms with E-state index < -0.39 is 0 Å². The van der Waals surface area contributed by atoms with Crippen molar-refractivity contribution in [3.05, 3.63) is 35.4 Å². The van der Waals surface area contributed by atoms with Crippen molar-refractivity contribution in [3.8, 4) is 0 Å². The molecule has 0 radical (unpaired) electrons. The lowest BCUT2D eigenvalue weighted by molar-refractivity contribution is 0.418. The first-order valence-corrected chi connectivity index (χ1v) is 7.41. The Hall–Kier alpha value is -0.860. The van der Waals surface area contributed by atoms with Crippen molar-refractivity contribution >= 4 is 0 Å². The Kier molecular flexibility index (Phi) is 6.53. The molecule has 0 heterocycles. The van der Waals surface area contributed by atoms with E-state index in [1.807, 2.05) is 14.1 Å². The molecule has 19 heavy (non-hydrogen) atoms. The molecule has 1 aromatic rings. The summed E-state index contributed by atoms with van der Waals surface area (Å²) in [6, 6.07) is 9.74. The van der Waals surface area contributed by atoms with Gasteiger partial charge in [-0.3, -0.25) is 0 Å². The molecule has 0 aromatic heterocycles. The Morgan fingerprint density at radius 3 is 2.26 bits per heavy atom. The van der Waals surface area contributed by atoms with Crippen molar-refractivity contribution in [2.75, 3.05) is 20.6 Å². The fourth-order valence-corrected chi connectivity index (χ4v) is 2.26. The second-order valence-corrected chi connectivity index (χ2v) is 6.16. The lowest BCUT2D eigenvalue weighted by atomic mass is 9.79. The third-order valence-corrected chi connectivity index (χ3v) is 4.09. The van der Waals surface area contributed by atoms with Crippen LogP contribution in [0.3, 0.4) is 0 Å². The van der Waals surface area contributed by atoms with Crippen LogP contribution in [0.25, 0.3) is 0 Å². The molecular weight excluding hydrogens is 232 g/mol. The second kappa shape index (κ2) is 7.66. The molecule has 2 nitrogen and oxygen atoms in total. The number of rotatable bonds is 8. The summed E-state index contributed by atoms with van der Waals surface area (Å²) in [7, 11) is 4.04. The van der Waals surface area contributed by atoms with Crippen molar-refractivity contribution in [1.29, 1.82) is 0 Å². The zero-order valence-electron chi connectivity index (χ0n) is 13.2. The van der Waals surface area contributed by atoms with Gasteiger partial charge in [-0.05, 0) is 63.4 Å². The first-order chi connectivity index (χ1) is 8.99. The third-order valence-electron chi connectivity index (χ3n) is 4.09. The van der Waals surface area contributed by atoms with Gasteiger partial charge in [0.25, 0.3) is 0 Å². The Labute approximate surface area is 119 Å². The minimum atomic E-state index is 0.257. The zero-order valence-corrected chi connectivity index (χ0v) is 13.2.